The average molecular weight is 377 g/mol. The molecule has 0 saturated heterocycles. The van der Waals surface area contributed by atoms with Crippen LogP contribution in [-0.4, -0.2) is 65.9 Å². The second kappa shape index (κ2) is 10.5. The molecule has 2 N–H and O–H groups in total. The van der Waals surface area contributed by atoms with Gasteiger partial charge in [-0.1, -0.05) is 24.6 Å². The van der Waals surface area contributed by atoms with E-state index in [1.165, 1.54) is 24.8 Å². The topological polar surface area (TPSA) is 58.1 Å². The number of benzene rings is 1. The Kier molecular flexibility index (Phi) is 8.38. The Balaban J connectivity index is 1.94. The maximum absolute atomic E-state index is 5.55. The van der Waals surface area contributed by atoms with Crippen LogP contribution in [0, 0.1) is 5.41 Å². The number of nitrogens with one attached hydrogen (secondary N) is 2. The van der Waals surface area contributed by atoms with Crippen LogP contribution in [-0.2, 0) is 4.74 Å². The molecule has 0 bridgehead atoms. The fraction of sp³-hybridized carbons (Fsp3) is 0.667. The second-order valence-corrected chi connectivity index (χ2v) is 7.62. The minimum atomic E-state index is 0.186. The van der Waals surface area contributed by atoms with Crippen LogP contribution in [0.3, 0.4) is 0 Å². The molecule has 6 heteroatoms. The van der Waals surface area contributed by atoms with Crippen LogP contribution in [0.5, 0.6) is 5.75 Å². The van der Waals surface area contributed by atoms with Gasteiger partial charge in [-0.25, -0.2) is 0 Å². The molecule has 0 spiro atoms. The molecule has 1 aromatic rings. The third kappa shape index (κ3) is 5.84. The predicted octanol–water partition coefficient (Wildman–Crippen LogP) is 2.67. The van der Waals surface area contributed by atoms with Crippen molar-refractivity contribution in [3.63, 3.8) is 0 Å². The fourth-order valence-electron chi connectivity index (χ4n) is 3.71. The van der Waals surface area contributed by atoms with E-state index in [1.54, 1.807) is 14.2 Å². The maximum atomic E-state index is 5.55. The third-order valence-electron chi connectivity index (χ3n) is 5.69. The molecule has 1 saturated carbocycles. The van der Waals surface area contributed by atoms with Crippen LogP contribution in [0.4, 0.5) is 0 Å². The van der Waals surface area contributed by atoms with Crippen molar-refractivity contribution in [1.82, 2.24) is 15.5 Å². The summed E-state index contributed by atoms with van der Waals surface area (Å²) in [4.78, 5) is 6.61. The minimum Gasteiger partial charge on any atom is -0.496 e. The van der Waals surface area contributed by atoms with Crippen molar-refractivity contribution in [2.75, 3.05) is 55.1 Å². The number of ether oxygens (including phenoxy) is 2. The van der Waals surface area contributed by atoms with Crippen molar-refractivity contribution in [3.05, 3.63) is 29.8 Å². The van der Waals surface area contributed by atoms with Crippen LogP contribution >= 0.6 is 0 Å². The molecule has 0 aliphatic heterocycles. The molecule has 1 unspecified atom stereocenters. The molecule has 0 aromatic heterocycles. The van der Waals surface area contributed by atoms with Gasteiger partial charge >= 0.3 is 0 Å². The van der Waals surface area contributed by atoms with Gasteiger partial charge in [-0.3, -0.25) is 4.99 Å². The molecule has 2 rings (SSSR count). The summed E-state index contributed by atoms with van der Waals surface area (Å²) in [6.07, 6.45) is 4.95. The first-order chi connectivity index (χ1) is 13.0. The Morgan fingerprint density at radius 1 is 1.22 bits per heavy atom. The molecule has 6 nitrogen and oxygen atoms in total. The summed E-state index contributed by atoms with van der Waals surface area (Å²) in [6, 6.07) is 8.37. The summed E-state index contributed by atoms with van der Waals surface area (Å²) in [7, 11) is 9.49. The smallest absolute Gasteiger partial charge is 0.191 e. The highest BCUT2D eigenvalue weighted by Gasteiger charge is 2.36. The van der Waals surface area contributed by atoms with E-state index in [1.807, 2.05) is 19.2 Å². The fourth-order valence-corrected chi connectivity index (χ4v) is 3.71. The Morgan fingerprint density at radius 2 is 1.96 bits per heavy atom. The first-order valence-corrected chi connectivity index (χ1v) is 9.78. The van der Waals surface area contributed by atoms with E-state index in [4.69, 9.17) is 9.47 Å². The van der Waals surface area contributed by atoms with Gasteiger partial charge in [0, 0.05) is 39.4 Å². The van der Waals surface area contributed by atoms with Crippen LogP contribution in [0.25, 0.3) is 0 Å². The van der Waals surface area contributed by atoms with Crippen molar-refractivity contribution in [1.29, 1.82) is 0 Å². The number of hydrogen-bond donors (Lipinski definition) is 2. The Labute approximate surface area is 164 Å². The predicted molar refractivity (Wildman–Crippen MR) is 112 cm³/mol. The van der Waals surface area contributed by atoms with Gasteiger partial charge in [0.1, 0.15) is 5.75 Å². The van der Waals surface area contributed by atoms with Gasteiger partial charge in [-0.05, 0) is 44.8 Å². The standard InChI is InChI=1S/C21H36N4O2/c1-22-20(24-16-21(11-8-12-21)13-14-26-4)23-15-18(25(2)3)17-9-6-7-10-19(17)27-5/h6-7,9-10,18H,8,11-16H2,1-5H3,(H2,22,23,24). The van der Waals surface area contributed by atoms with E-state index in [-0.39, 0.29) is 6.04 Å². The zero-order valence-electron chi connectivity index (χ0n) is 17.5. The molecule has 0 amide bonds. The highest BCUT2D eigenvalue weighted by molar-refractivity contribution is 5.79. The molecule has 27 heavy (non-hydrogen) atoms. The van der Waals surface area contributed by atoms with Crippen molar-refractivity contribution < 1.29 is 9.47 Å². The number of guanidine groups is 1. The van der Waals surface area contributed by atoms with Crippen molar-refractivity contribution >= 4 is 5.96 Å². The zero-order chi connectivity index (χ0) is 19.7. The van der Waals surface area contributed by atoms with Crippen LogP contribution in [0.15, 0.2) is 29.3 Å². The molecule has 1 aliphatic carbocycles. The molecular formula is C21H36N4O2. The number of likely N-dealkylation sites (N-methyl/N-ethyl adjacent to an activating group) is 1. The number of nitrogens with zero attached hydrogens (tertiary/aromatic N) is 2. The summed E-state index contributed by atoms with van der Waals surface area (Å²) in [5.41, 5.74) is 1.53. The van der Waals surface area contributed by atoms with E-state index in [9.17, 15) is 0 Å². The quantitative estimate of drug-likeness (QED) is 0.486. The Morgan fingerprint density at radius 3 is 2.52 bits per heavy atom. The third-order valence-corrected chi connectivity index (χ3v) is 5.69. The first-order valence-electron chi connectivity index (χ1n) is 9.78. The summed E-state index contributed by atoms with van der Waals surface area (Å²) < 4.78 is 10.8. The SMILES string of the molecule is CN=C(NCC(c1ccccc1OC)N(C)C)NCC1(CCOC)CCC1. The lowest BCUT2D eigenvalue weighted by atomic mass is 9.67. The van der Waals surface area contributed by atoms with Gasteiger partial charge in [0.15, 0.2) is 5.96 Å². The van der Waals surface area contributed by atoms with E-state index in [0.717, 1.165) is 37.8 Å². The molecule has 1 aliphatic rings. The number of rotatable bonds is 10. The van der Waals surface area contributed by atoms with Crippen molar-refractivity contribution in [2.24, 2.45) is 10.4 Å². The van der Waals surface area contributed by atoms with Crippen molar-refractivity contribution in [2.45, 2.75) is 31.7 Å². The molecule has 1 atom stereocenters. The van der Waals surface area contributed by atoms with E-state index in [0.29, 0.717) is 5.41 Å². The molecule has 1 aromatic carbocycles. The first kappa shape index (κ1) is 21.5. The molecular weight excluding hydrogens is 340 g/mol. The van der Waals surface area contributed by atoms with E-state index >= 15 is 0 Å². The average Bonchev–Trinajstić information content (AvgIpc) is 2.65. The van der Waals surface area contributed by atoms with Gasteiger partial charge in [0.25, 0.3) is 0 Å². The molecule has 0 radical (unpaired) electrons. The van der Waals surface area contributed by atoms with Crippen LogP contribution in [0.1, 0.15) is 37.3 Å². The van der Waals surface area contributed by atoms with Gasteiger partial charge in [-0.15, -0.1) is 0 Å². The number of aliphatic imine (C=N–C) groups is 1. The van der Waals surface area contributed by atoms with E-state index in [2.05, 4.69) is 46.8 Å². The molecule has 1 fully saturated rings. The van der Waals surface area contributed by atoms with E-state index < -0.39 is 0 Å². The summed E-state index contributed by atoms with van der Waals surface area (Å²) >= 11 is 0. The van der Waals surface area contributed by atoms with Gasteiger partial charge in [0.05, 0.1) is 13.2 Å². The number of methoxy groups -OCH3 is 2. The lowest BCUT2D eigenvalue weighted by Crippen LogP contribution is -2.48. The zero-order valence-corrected chi connectivity index (χ0v) is 17.5. The molecule has 0 heterocycles. The van der Waals surface area contributed by atoms with Crippen molar-refractivity contribution in [3.8, 4) is 5.75 Å². The number of hydrogen-bond acceptors (Lipinski definition) is 4. The number of para-hydroxylation sites is 1. The summed E-state index contributed by atoms with van der Waals surface area (Å²) in [6.45, 7) is 2.51. The largest absolute Gasteiger partial charge is 0.496 e. The van der Waals surface area contributed by atoms with Gasteiger partial charge in [-0.2, -0.15) is 0 Å². The highest BCUT2D eigenvalue weighted by Crippen LogP contribution is 2.43. The minimum absolute atomic E-state index is 0.186. The normalized spacial score (nSPS) is 17.3. The Hall–Kier alpha value is -1.79. The van der Waals surface area contributed by atoms with Gasteiger partial charge < -0.3 is 25.0 Å². The summed E-state index contributed by atoms with van der Waals surface area (Å²) in [5, 5.41) is 7.02. The highest BCUT2D eigenvalue weighted by atomic mass is 16.5. The Bertz CT molecular complexity index is 600. The second-order valence-electron chi connectivity index (χ2n) is 7.62. The monoisotopic (exact) mass is 376 g/mol. The summed E-state index contributed by atoms with van der Waals surface area (Å²) in [5.74, 6) is 1.76. The maximum Gasteiger partial charge on any atom is 0.191 e. The lowest BCUT2D eigenvalue weighted by Gasteiger charge is -2.42. The van der Waals surface area contributed by atoms with Crippen LogP contribution < -0.4 is 15.4 Å². The lowest BCUT2D eigenvalue weighted by molar-refractivity contribution is 0.0732. The van der Waals surface area contributed by atoms with Gasteiger partial charge in [0.2, 0.25) is 0 Å². The van der Waals surface area contributed by atoms with Crippen LogP contribution in [0.2, 0.25) is 0 Å². The molecule has 152 valence electrons.